The van der Waals surface area contributed by atoms with Crippen molar-refractivity contribution >= 4 is 5.97 Å². The highest BCUT2D eigenvalue weighted by atomic mass is 16.4. The van der Waals surface area contributed by atoms with Crippen molar-refractivity contribution in [3.05, 3.63) is 29.6 Å². The Kier molecular flexibility index (Phi) is 12.0. The van der Waals surface area contributed by atoms with Gasteiger partial charge in [0.15, 0.2) is 11.9 Å². The summed E-state index contributed by atoms with van der Waals surface area (Å²) in [6, 6.07) is 4.17. The third-order valence-electron chi connectivity index (χ3n) is 4.90. The van der Waals surface area contributed by atoms with Crippen LogP contribution in [0.2, 0.25) is 0 Å². The third kappa shape index (κ3) is 9.62. The molecule has 0 atom stereocenters. The number of hydrogen-bond acceptors (Lipinski definition) is 1. The maximum absolute atomic E-state index is 11.3. The van der Waals surface area contributed by atoms with Crippen LogP contribution in [0.25, 0.3) is 0 Å². The minimum Gasteiger partial charge on any atom is -0.481 e. The molecule has 0 unspecified atom stereocenters. The number of aromatic nitrogens is 1. The number of aliphatic carboxylic acids is 1. The SMILES string of the molecule is CCCCCCCCCCC[n+]1cccc(CCCC)c1CC(=O)O. The molecule has 3 nitrogen and oxygen atoms in total. The average molecular weight is 349 g/mol. The molecule has 1 N–H and O–H groups in total. The second-order valence-electron chi connectivity index (χ2n) is 7.18. The topological polar surface area (TPSA) is 41.2 Å². The smallest absolute Gasteiger partial charge is 0.314 e. The summed E-state index contributed by atoms with van der Waals surface area (Å²) in [7, 11) is 0. The number of hydrogen-bond donors (Lipinski definition) is 1. The Hall–Kier alpha value is -1.38. The van der Waals surface area contributed by atoms with Gasteiger partial charge in [-0.3, -0.25) is 4.79 Å². The highest BCUT2D eigenvalue weighted by Crippen LogP contribution is 2.12. The van der Waals surface area contributed by atoms with Crippen LogP contribution < -0.4 is 4.57 Å². The van der Waals surface area contributed by atoms with E-state index in [1.54, 1.807) is 0 Å². The van der Waals surface area contributed by atoms with Crippen molar-refractivity contribution in [3.63, 3.8) is 0 Å². The Morgan fingerprint density at radius 1 is 0.920 bits per heavy atom. The molecule has 0 amide bonds. The summed E-state index contributed by atoms with van der Waals surface area (Å²) in [5.74, 6) is -0.732. The van der Waals surface area contributed by atoms with Crippen LogP contribution in [-0.2, 0) is 24.2 Å². The molecule has 0 aliphatic carbocycles. The summed E-state index contributed by atoms with van der Waals surface area (Å²) in [5.41, 5.74) is 2.21. The lowest BCUT2D eigenvalue weighted by Crippen LogP contribution is -2.40. The van der Waals surface area contributed by atoms with Gasteiger partial charge >= 0.3 is 5.97 Å². The number of carbonyl (C=O) groups is 1. The van der Waals surface area contributed by atoms with Crippen LogP contribution in [0.4, 0.5) is 0 Å². The number of nitrogens with zero attached hydrogens (tertiary/aromatic N) is 1. The first kappa shape index (κ1) is 21.7. The van der Waals surface area contributed by atoms with Crippen molar-refractivity contribution in [2.75, 3.05) is 0 Å². The fourth-order valence-corrected chi connectivity index (χ4v) is 3.39. The van der Waals surface area contributed by atoms with Crippen LogP contribution in [0.15, 0.2) is 18.3 Å². The molecule has 0 aromatic carbocycles. The van der Waals surface area contributed by atoms with E-state index >= 15 is 0 Å². The lowest BCUT2D eigenvalue weighted by Gasteiger charge is -2.08. The monoisotopic (exact) mass is 348 g/mol. The minimum atomic E-state index is -0.732. The fourth-order valence-electron chi connectivity index (χ4n) is 3.39. The van der Waals surface area contributed by atoms with Gasteiger partial charge in [0, 0.05) is 18.1 Å². The molecule has 0 radical (unpaired) electrons. The standard InChI is InChI=1S/C22H37NO2/c1-3-5-7-8-9-10-11-12-13-17-23-18-14-16-20(15-6-4-2)21(23)19-22(24)25/h14,16,18H,3-13,15,17,19H2,1-2H3/p+1. The molecule has 1 heterocycles. The molecule has 0 spiro atoms. The van der Waals surface area contributed by atoms with Gasteiger partial charge in [0.25, 0.3) is 0 Å². The molecule has 0 fully saturated rings. The highest BCUT2D eigenvalue weighted by molar-refractivity contribution is 5.69. The van der Waals surface area contributed by atoms with E-state index in [9.17, 15) is 9.90 Å². The number of unbranched alkanes of at least 4 members (excludes halogenated alkanes) is 9. The van der Waals surface area contributed by atoms with Crippen molar-refractivity contribution in [1.82, 2.24) is 0 Å². The molecule has 1 aromatic rings. The normalized spacial score (nSPS) is 11.0. The van der Waals surface area contributed by atoms with Crippen molar-refractivity contribution in [2.45, 2.75) is 104 Å². The van der Waals surface area contributed by atoms with Crippen molar-refractivity contribution in [1.29, 1.82) is 0 Å². The van der Waals surface area contributed by atoms with Crippen LogP contribution in [0.3, 0.4) is 0 Å². The zero-order valence-electron chi connectivity index (χ0n) is 16.4. The second kappa shape index (κ2) is 13.9. The van der Waals surface area contributed by atoms with Crippen molar-refractivity contribution in [2.24, 2.45) is 0 Å². The van der Waals surface area contributed by atoms with E-state index in [0.29, 0.717) is 0 Å². The molecule has 1 rings (SSSR count). The van der Waals surface area contributed by atoms with E-state index in [0.717, 1.165) is 37.9 Å². The lowest BCUT2D eigenvalue weighted by atomic mass is 10.0. The van der Waals surface area contributed by atoms with Crippen molar-refractivity contribution in [3.8, 4) is 0 Å². The van der Waals surface area contributed by atoms with E-state index < -0.39 is 5.97 Å². The van der Waals surface area contributed by atoms with E-state index in [1.807, 2.05) is 0 Å². The molecule has 1 aromatic heterocycles. The predicted molar refractivity (Wildman–Crippen MR) is 104 cm³/mol. The Balaban J connectivity index is 2.42. The number of carboxylic acids is 1. The summed E-state index contributed by atoms with van der Waals surface area (Å²) in [6.45, 7) is 5.38. The molecule has 0 bridgehead atoms. The molecule has 25 heavy (non-hydrogen) atoms. The maximum atomic E-state index is 11.3. The third-order valence-corrected chi connectivity index (χ3v) is 4.90. The van der Waals surface area contributed by atoms with Crippen LogP contribution in [0.1, 0.15) is 95.7 Å². The summed E-state index contributed by atoms with van der Waals surface area (Å²) in [6.07, 6.45) is 17.3. The fraction of sp³-hybridized carbons (Fsp3) is 0.727. The Morgan fingerprint density at radius 2 is 1.52 bits per heavy atom. The number of pyridine rings is 1. The Bertz CT molecular complexity index is 485. The molecule has 3 heteroatoms. The van der Waals surface area contributed by atoms with Crippen LogP contribution in [-0.4, -0.2) is 11.1 Å². The second-order valence-corrected chi connectivity index (χ2v) is 7.18. The van der Waals surface area contributed by atoms with E-state index in [4.69, 9.17) is 0 Å². The Morgan fingerprint density at radius 3 is 2.12 bits per heavy atom. The van der Waals surface area contributed by atoms with E-state index in [2.05, 4.69) is 36.7 Å². The number of carboxylic acid groups (broad SMARTS) is 1. The van der Waals surface area contributed by atoms with Gasteiger partial charge in [-0.1, -0.05) is 65.2 Å². The van der Waals surface area contributed by atoms with Gasteiger partial charge < -0.3 is 5.11 Å². The zero-order chi connectivity index (χ0) is 18.3. The van der Waals surface area contributed by atoms with Crippen molar-refractivity contribution < 1.29 is 14.5 Å². The minimum absolute atomic E-state index is 0.136. The van der Waals surface area contributed by atoms with Crippen LogP contribution >= 0.6 is 0 Å². The Labute approximate surface area is 154 Å². The van der Waals surface area contributed by atoms with E-state index in [1.165, 1.54) is 56.9 Å². The largest absolute Gasteiger partial charge is 0.481 e. The molecular formula is C22H38NO2+. The number of aryl methyl sites for hydroxylation is 2. The van der Waals surface area contributed by atoms with Gasteiger partial charge in [-0.05, 0) is 25.3 Å². The van der Waals surface area contributed by atoms with Gasteiger partial charge in [0.1, 0.15) is 13.0 Å². The van der Waals surface area contributed by atoms with E-state index in [-0.39, 0.29) is 6.42 Å². The van der Waals surface area contributed by atoms with Gasteiger partial charge in [0.05, 0.1) is 0 Å². The number of rotatable bonds is 15. The quantitative estimate of drug-likeness (QED) is 0.337. The summed E-state index contributed by atoms with van der Waals surface area (Å²) >= 11 is 0. The first-order chi connectivity index (χ1) is 12.2. The van der Waals surface area contributed by atoms with Crippen LogP contribution in [0, 0.1) is 0 Å². The van der Waals surface area contributed by atoms with Crippen LogP contribution in [0.5, 0.6) is 0 Å². The van der Waals surface area contributed by atoms with Gasteiger partial charge in [0.2, 0.25) is 0 Å². The summed E-state index contributed by atoms with van der Waals surface area (Å²) < 4.78 is 2.18. The van der Waals surface area contributed by atoms with Gasteiger partial charge in [-0.2, -0.15) is 0 Å². The molecule has 0 aliphatic heterocycles. The molecule has 142 valence electrons. The highest BCUT2D eigenvalue weighted by Gasteiger charge is 2.18. The lowest BCUT2D eigenvalue weighted by molar-refractivity contribution is -0.704. The maximum Gasteiger partial charge on any atom is 0.314 e. The average Bonchev–Trinajstić information content (AvgIpc) is 2.59. The predicted octanol–water partition coefficient (Wildman–Crippen LogP) is 5.47. The first-order valence-electron chi connectivity index (χ1n) is 10.4. The zero-order valence-corrected chi connectivity index (χ0v) is 16.4. The summed E-state index contributed by atoms with van der Waals surface area (Å²) in [4.78, 5) is 11.3. The molecule has 0 saturated carbocycles. The van der Waals surface area contributed by atoms with Gasteiger partial charge in [-0.15, -0.1) is 0 Å². The molecular weight excluding hydrogens is 310 g/mol. The van der Waals surface area contributed by atoms with Gasteiger partial charge in [-0.25, -0.2) is 4.57 Å². The molecule has 0 saturated heterocycles. The summed E-state index contributed by atoms with van der Waals surface area (Å²) in [5, 5.41) is 9.26. The molecule has 0 aliphatic rings. The first-order valence-corrected chi connectivity index (χ1v) is 10.4.